The summed E-state index contributed by atoms with van der Waals surface area (Å²) in [4.78, 5) is 0. The van der Waals surface area contributed by atoms with Gasteiger partial charge in [0.15, 0.2) is 13.2 Å². The van der Waals surface area contributed by atoms with Crippen LogP contribution in [0.1, 0.15) is 11.1 Å². The summed E-state index contributed by atoms with van der Waals surface area (Å²) in [6.07, 6.45) is 0. The number of likely N-dealkylation sites (N-methyl/N-ethyl adjacent to an activating group) is 1. The van der Waals surface area contributed by atoms with Gasteiger partial charge in [-0.05, 0) is 18.6 Å². The molecular formula is C11H14NO+. The van der Waals surface area contributed by atoms with Crippen LogP contribution in [0.3, 0.4) is 0 Å². The second-order valence-corrected chi connectivity index (χ2v) is 3.39. The zero-order valence-corrected chi connectivity index (χ0v) is 8.08. The number of hydrogen-bond acceptors (Lipinski definition) is 1. The minimum atomic E-state index is 0.806. The van der Waals surface area contributed by atoms with Crippen LogP contribution in [0.25, 0.3) is 0 Å². The summed E-state index contributed by atoms with van der Waals surface area (Å²) < 4.78 is 7.73. The van der Waals surface area contributed by atoms with E-state index in [-0.39, 0.29) is 0 Å². The second kappa shape index (κ2) is 3.21. The highest BCUT2D eigenvalue weighted by Gasteiger charge is 2.23. The number of nitrogens with zero attached hydrogens (tertiary/aromatic N) is 1. The molecule has 13 heavy (non-hydrogen) atoms. The fourth-order valence-electron chi connectivity index (χ4n) is 1.59. The molecular weight excluding hydrogens is 162 g/mol. The Morgan fingerprint density at radius 2 is 2.08 bits per heavy atom. The molecule has 0 spiro atoms. The molecule has 2 nitrogen and oxygen atoms in total. The first-order chi connectivity index (χ1) is 6.29. The van der Waals surface area contributed by atoms with Gasteiger partial charge in [0.05, 0.1) is 5.56 Å². The first-order valence-electron chi connectivity index (χ1n) is 4.56. The van der Waals surface area contributed by atoms with Crippen LogP contribution < -0.4 is 0 Å². The monoisotopic (exact) mass is 176 g/mol. The summed E-state index contributed by atoms with van der Waals surface area (Å²) >= 11 is 0. The van der Waals surface area contributed by atoms with E-state index in [1.807, 2.05) is 12.1 Å². The summed E-state index contributed by atoms with van der Waals surface area (Å²) in [6, 6.07) is 8.31. The van der Waals surface area contributed by atoms with Gasteiger partial charge in [-0.1, -0.05) is 18.2 Å². The molecule has 1 heterocycles. The van der Waals surface area contributed by atoms with Gasteiger partial charge in [0.1, 0.15) is 7.05 Å². The molecule has 68 valence electrons. The van der Waals surface area contributed by atoms with E-state index in [1.165, 1.54) is 11.1 Å². The number of ether oxygens (including phenoxy) is 1. The van der Waals surface area contributed by atoms with Crippen molar-refractivity contribution in [3.63, 3.8) is 0 Å². The third-order valence-corrected chi connectivity index (χ3v) is 2.39. The van der Waals surface area contributed by atoms with Gasteiger partial charge in [0.2, 0.25) is 0 Å². The lowest BCUT2D eigenvalue weighted by atomic mass is 10.1. The first-order valence-corrected chi connectivity index (χ1v) is 4.56. The maximum atomic E-state index is 5.57. The van der Waals surface area contributed by atoms with Gasteiger partial charge in [0.25, 0.3) is 0 Å². The zero-order valence-electron chi connectivity index (χ0n) is 8.08. The van der Waals surface area contributed by atoms with Crippen molar-refractivity contribution in [1.29, 1.82) is 0 Å². The van der Waals surface area contributed by atoms with E-state index in [2.05, 4.69) is 30.7 Å². The molecule has 0 saturated carbocycles. The Hall–Kier alpha value is -1.31. The topological polar surface area (TPSA) is 12.2 Å². The fourth-order valence-corrected chi connectivity index (χ4v) is 1.59. The SMILES string of the molecule is Cc1ccccc1C1=[N+](C)CCO1. The minimum Gasteiger partial charge on any atom is -0.438 e. The van der Waals surface area contributed by atoms with Crippen LogP contribution in [0.2, 0.25) is 0 Å². The average Bonchev–Trinajstić information content (AvgIpc) is 2.52. The maximum absolute atomic E-state index is 5.57. The Bertz CT molecular complexity index is 355. The van der Waals surface area contributed by atoms with Crippen molar-refractivity contribution >= 4 is 5.90 Å². The highest BCUT2D eigenvalue weighted by molar-refractivity contribution is 5.92. The standard InChI is InChI=1S/C11H14NO/c1-9-5-3-4-6-10(9)11-12(2)7-8-13-11/h3-6H,7-8H2,1-2H3/q+1. The summed E-state index contributed by atoms with van der Waals surface area (Å²) in [5, 5.41) is 0. The molecule has 0 fully saturated rings. The van der Waals surface area contributed by atoms with E-state index in [4.69, 9.17) is 4.74 Å². The fraction of sp³-hybridized carbons (Fsp3) is 0.364. The average molecular weight is 176 g/mol. The van der Waals surface area contributed by atoms with Crippen molar-refractivity contribution in [2.24, 2.45) is 0 Å². The number of benzene rings is 1. The van der Waals surface area contributed by atoms with Crippen LogP contribution in [0.5, 0.6) is 0 Å². The van der Waals surface area contributed by atoms with E-state index in [0.717, 1.165) is 19.0 Å². The molecule has 2 heteroatoms. The maximum Gasteiger partial charge on any atom is 0.370 e. The van der Waals surface area contributed by atoms with E-state index < -0.39 is 0 Å². The third kappa shape index (κ3) is 1.44. The summed E-state index contributed by atoms with van der Waals surface area (Å²) in [5.41, 5.74) is 2.48. The van der Waals surface area contributed by atoms with Gasteiger partial charge < -0.3 is 4.74 Å². The second-order valence-electron chi connectivity index (χ2n) is 3.39. The zero-order chi connectivity index (χ0) is 9.26. The molecule has 1 aliphatic rings. The lowest BCUT2D eigenvalue weighted by Crippen LogP contribution is -2.13. The largest absolute Gasteiger partial charge is 0.438 e. The van der Waals surface area contributed by atoms with Gasteiger partial charge in [-0.2, -0.15) is 4.58 Å². The normalized spacial score (nSPS) is 16.2. The van der Waals surface area contributed by atoms with Crippen molar-refractivity contribution in [2.45, 2.75) is 6.92 Å². The molecule has 0 aromatic heterocycles. The highest BCUT2D eigenvalue weighted by Crippen LogP contribution is 2.11. The van der Waals surface area contributed by atoms with Gasteiger partial charge >= 0.3 is 5.90 Å². The van der Waals surface area contributed by atoms with Gasteiger partial charge in [0, 0.05) is 0 Å². The van der Waals surface area contributed by atoms with Crippen molar-refractivity contribution in [3.8, 4) is 0 Å². The van der Waals surface area contributed by atoms with E-state index in [9.17, 15) is 0 Å². The lowest BCUT2D eigenvalue weighted by Gasteiger charge is -2.00. The van der Waals surface area contributed by atoms with Crippen molar-refractivity contribution in [1.82, 2.24) is 0 Å². The Morgan fingerprint density at radius 3 is 2.69 bits per heavy atom. The highest BCUT2D eigenvalue weighted by atomic mass is 16.5. The molecule has 0 unspecified atom stereocenters. The van der Waals surface area contributed by atoms with Crippen LogP contribution in [0.15, 0.2) is 24.3 Å². The molecule has 0 bridgehead atoms. The van der Waals surface area contributed by atoms with E-state index >= 15 is 0 Å². The number of rotatable bonds is 1. The predicted molar refractivity (Wildman–Crippen MR) is 52.3 cm³/mol. The Labute approximate surface area is 78.5 Å². The molecule has 1 aliphatic heterocycles. The van der Waals surface area contributed by atoms with Crippen LogP contribution in [0.4, 0.5) is 0 Å². The predicted octanol–water partition coefficient (Wildman–Crippen LogP) is 1.41. The smallest absolute Gasteiger partial charge is 0.370 e. The molecule has 0 amide bonds. The van der Waals surface area contributed by atoms with Crippen molar-refractivity contribution in [3.05, 3.63) is 35.4 Å². The third-order valence-electron chi connectivity index (χ3n) is 2.39. The van der Waals surface area contributed by atoms with E-state index in [1.54, 1.807) is 0 Å². The Morgan fingerprint density at radius 1 is 1.31 bits per heavy atom. The molecule has 0 saturated heterocycles. The molecule has 2 rings (SSSR count). The lowest BCUT2D eigenvalue weighted by molar-refractivity contribution is -0.486. The van der Waals surface area contributed by atoms with Crippen molar-refractivity contribution in [2.75, 3.05) is 20.2 Å². The van der Waals surface area contributed by atoms with Crippen LogP contribution in [0, 0.1) is 6.92 Å². The molecule has 0 N–H and O–H groups in total. The molecule has 1 aromatic carbocycles. The van der Waals surface area contributed by atoms with Gasteiger partial charge in [-0.15, -0.1) is 0 Å². The summed E-state index contributed by atoms with van der Waals surface area (Å²) in [5.74, 6) is 1.01. The molecule has 0 atom stereocenters. The van der Waals surface area contributed by atoms with E-state index in [0.29, 0.717) is 0 Å². The van der Waals surface area contributed by atoms with Gasteiger partial charge in [-0.25, -0.2) is 0 Å². The Kier molecular flexibility index (Phi) is 2.05. The molecule has 0 aliphatic carbocycles. The quantitative estimate of drug-likeness (QED) is 0.589. The van der Waals surface area contributed by atoms with Crippen LogP contribution >= 0.6 is 0 Å². The number of aryl methyl sites for hydroxylation is 1. The minimum absolute atomic E-state index is 0.806. The Balaban J connectivity index is 2.46. The molecule has 0 radical (unpaired) electrons. The van der Waals surface area contributed by atoms with Gasteiger partial charge in [-0.3, -0.25) is 0 Å². The first kappa shape index (κ1) is 8.30. The van der Waals surface area contributed by atoms with Crippen LogP contribution in [-0.4, -0.2) is 30.7 Å². The number of hydrogen-bond donors (Lipinski definition) is 0. The summed E-state index contributed by atoms with van der Waals surface area (Å²) in [6.45, 7) is 3.90. The van der Waals surface area contributed by atoms with Crippen molar-refractivity contribution < 1.29 is 9.31 Å². The molecule has 1 aromatic rings. The van der Waals surface area contributed by atoms with Crippen LogP contribution in [-0.2, 0) is 4.74 Å². The summed E-state index contributed by atoms with van der Waals surface area (Å²) in [7, 11) is 2.06.